The van der Waals surface area contributed by atoms with E-state index in [4.69, 9.17) is 5.73 Å². The molecule has 0 aliphatic carbocycles. The van der Waals surface area contributed by atoms with Crippen molar-refractivity contribution >= 4 is 10.0 Å². The van der Waals surface area contributed by atoms with E-state index in [1.54, 1.807) is 0 Å². The van der Waals surface area contributed by atoms with Crippen molar-refractivity contribution in [2.75, 3.05) is 6.54 Å². The van der Waals surface area contributed by atoms with Gasteiger partial charge in [0.25, 0.3) is 0 Å². The maximum absolute atomic E-state index is 13.5. The monoisotopic (exact) mass is 292 g/mol. The minimum absolute atomic E-state index is 0.0749. The normalized spacial score (nSPS) is 14.4. The molecule has 0 aliphatic rings. The first-order valence-corrected chi connectivity index (χ1v) is 7.23. The Morgan fingerprint density at radius 1 is 1.32 bits per heavy atom. The Labute approximate surface area is 112 Å². The first-order chi connectivity index (χ1) is 8.58. The molecule has 0 fully saturated rings. The van der Waals surface area contributed by atoms with E-state index in [1.807, 2.05) is 20.8 Å². The third-order valence-corrected chi connectivity index (χ3v) is 4.27. The van der Waals surface area contributed by atoms with Crippen LogP contribution in [0.4, 0.5) is 8.78 Å². The second kappa shape index (κ2) is 5.52. The lowest BCUT2D eigenvalue weighted by Crippen LogP contribution is -2.48. The Morgan fingerprint density at radius 3 is 2.32 bits per heavy atom. The van der Waals surface area contributed by atoms with E-state index in [1.165, 1.54) is 0 Å². The Bertz CT molecular complexity index is 553. The number of halogens is 2. The highest BCUT2D eigenvalue weighted by Crippen LogP contribution is 2.22. The van der Waals surface area contributed by atoms with Crippen molar-refractivity contribution in [3.05, 3.63) is 29.8 Å². The summed E-state index contributed by atoms with van der Waals surface area (Å²) < 4.78 is 52.7. The molecule has 0 bridgehead atoms. The van der Waals surface area contributed by atoms with Crippen molar-refractivity contribution in [2.24, 2.45) is 11.1 Å². The standard InChI is InChI=1S/C12H18F2N2O2S/c1-12(2,3)11(7-15)16-19(17,18)10-5-4-8(13)6-9(10)14/h4-6,11,16H,7,15H2,1-3H3. The third-order valence-electron chi connectivity index (χ3n) is 2.76. The van der Waals surface area contributed by atoms with Crippen LogP contribution < -0.4 is 10.5 Å². The van der Waals surface area contributed by atoms with Gasteiger partial charge in [0.15, 0.2) is 0 Å². The SMILES string of the molecule is CC(C)(C)C(CN)NS(=O)(=O)c1ccc(F)cc1F. The van der Waals surface area contributed by atoms with Crippen LogP contribution >= 0.6 is 0 Å². The molecule has 1 rings (SSSR count). The van der Waals surface area contributed by atoms with Crippen molar-refractivity contribution in [3.63, 3.8) is 0 Å². The number of benzene rings is 1. The molecule has 0 saturated heterocycles. The van der Waals surface area contributed by atoms with Gasteiger partial charge in [-0.15, -0.1) is 0 Å². The van der Waals surface area contributed by atoms with Crippen LogP contribution in [0.5, 0.6) is 0 Å². The van der Waals surface area contributed by atoms with Gasteiger partial charge in [-0.05, 0) is 17.5 Å². The van der Waals surface area contributed by atoms with Gasteiger partial charge in [-0.1, -0.05) is 20.8 Å². The summed E-state index contributed by atoms with van der Waals surface area (Å²) in [5.74, 6) is -1.96. The summed E-state index contributed by atoms with van der Waals surface area (Å²) in [6.07, 6.45) is 0. The molecule has 0 amide bonds. The molecule has 3 N–H and O–H groups in total. The van der Waals surface area contributed by atoms with E-state index in [0.717, 1.165) is 12.1 Å². The van der Waals surface area contributed by atoms with Gasteiger partial charge in [-0.25, -0.2) is 21.9 Å². The molecule has 1 unspecified atom stereocenters. The molecule has 0 radical (unpaired) electrons. The van der Waals surface area contributed by atoms with Crippen molar-refractivity contribution < 1.29 is 17.2 Å². The van der Waals surface area contributed by atoms with Crippen molar-refractivity contribution in [1.29, 1.82) is 0 Å². The summed E-state index contributed by atoms with van der Waals surface area (Å²) in [5, 5.41) is 0. The quantitative estimate of drug-likeness (QED) is 0.885. The predicted octanol–water partition coefficient (Wildman–Crippen LogP) is 1.62. The maximum Gasteiger partial charge on any atom is 0.243 e. The van der Waals surface area contributed by atoms with E-state index in [-0.39, 0.29) is 6.54 Å². The largest absolute Gasteiger partial charge is 0.329 e. The van der Waals surface area contributed by atoms with Crippen molar-refractivity contribution in [2.45, 2.75) is 31.7 Å². The van der Waals surface area contributed by atoms with Gasteiger partial charge in [-0.2, -0.15) is 0 Å². The van der Waals surface area contributed by atoms with Gasteiger partial charge < -0.3 is 5.73 Å². The lowest BCUT2D eigenvalue weighted by Gasteiger charge is -2.30. The molecule has 0 saturated carbocycles. The summed E-state index contributed by atoms with van der Waals surface area (Å²) >= 11 is 0. The van der Waals surface area contributed by atoms with Gasteiger partial charge in [-0.3, -0.25) is 0 Å². The van der Waals surface area contributed by atoms with Crippen molar-refractivity contribution in [1.82, 2.24) is 4.72 Å². The van der Waals surface area contributed by atoms with Crippen LogP contribution in [0.15, 0.2) is 23.1 Å². The topological polar surface area (TPSA) is 72.2 Å². The highest BCUT2D eigenvalue weighted by Gasteiger charge is 2.30. The van der Waals surface area contributed by atoms with E-state index in [9.17, 15) is 17.2 Å². The van der Waals surface area contributed by atoms with Crippen LogP contribution in [-0.4, -0.2) is 21.0 Å². The fraction of sp³-hybridized carbons (Fsp3) is 0.500. The fourth-order valence-electron chi connectivity index (χ4n) is 1.52. The smallest absolute Gasteiger partial charge is 0.243 e. The summed E-state index contributed by atoms with van der Waals surface area (Å²) in [6, 6.07) is 1.76. The summed E-state index contributed by atoms with van der Waals surface area (Å²) in [5.41, 5.74) is 5.11. The van der Waals surface area contributed by atoms with E-state index < -0.39 is 38.0 Å². The number of nitrogens with two attached hydrogens (primary N) is 1. The Hall–Kier alpha value is -1.05. The first kappa shape index (κ1) is 16.0. The second-order valence-corrected chi connectivity index (χ2v) is 7.03. The molecule has 19 heavy (non-hydrogen) atoms. The third kappa shape index (κ3) is 3.95. The minimum atomic E-state index is -4.07. The Kier molecular flexibility index (Phi) is 4.65. The molecule has 0 aromatic heterocycles. The van der Waals surface area contributed by atoms with Crippen LogP contribution in [0.3, 0.4) is 0 Å². The summed E-state index contributed by atoms with van der Waals surface area (Å²) in [7, 11) is -4.07. The van der Waals surface area contributed by atoms with Gasteiger partial charge in [0.2, 0.25) is 10.0 Å². The molecule has 1 atom stereocenters. The molecular weight excluding hydrogens is 274 g/mol. The van der Waals surface area contributed by atoms with Gasteiger partial charge in [0.1, 0.15) is 16.5 Å². The average molecular weight is 292 g/mol. The fourth-order valence-corrected chi connectivity index (χ4v) is 3.04. The Morgan fingerprint density at radius 2 is 1.89 bits per heavy atom. The van der Waals surface area contributed by atoms with Gasteiger partial charge in [0.05, 0.1) is 0 Å². The number of rotatable bonds is 4. The summed E-state index contributed by atoms with van der Waals surface area (Å²) in [6.45, 7) is 5.52. The number of hydrogen-bond acceptors (Lipinski definition) is 3. The molecule has 7 heteroatoms. The minimum Gasteiger partial charge on any atom is -0.329 e. The molecular formula is C12H18F2N2O2S. The highest BCUT2D eigenvalue weighted by atomic mass is 32.2. The van der Waals surface area contributed by atoms with Crippen LogP contribution in [-0.2, 0) is 10.0 Å². The zero-order valence-electron chi connectivity index (χ0n) is 11.1. The molecule has 0 spiro atoms. The van der Waals surface area contributed by atoms with Gasteiger partial charge >= 0.3 is 0 Å². The Balaban J connectivity index is 3.11. The molecule has 4 nitrogen and oxygen atoms in total. The highest BCUT2D eigenvalue weighted by molar-refractivity contribution is 7.89. The number of sulfonamides is 1. The van der Waals surface area contributed by atoms with Crippen LogP contribution in [0.25, 0.3) is 0 Å². The van der Waals surface area contributed by atoms with Crippen LogP contribution in [0, 0.1) is 17.0 Å². The van der Waals surface area contributed by atoms with E-state index >= 15 is 0 Å². The molecule has 0 heterocycles. The average Bonchev–Trinajstić information content (AvgIpc) is 2.23. The van der Waals surface area contributed by atoms with E-state index in [2.05, 4.69) is 4.72 Å². The number of hydrogen-bond donors (Lipinski definition) is 2. The van der Waals surface area contributed by atoms with Crippen molar-refractivity contribution in [3.8, 4) is 0 Å². The van der Waals surface area contributed by atoms with Gasteiger partial charge in [0, 0.05) is 18.7 Å². The second-order valence-electron chi connectivity index (χ2n) is 5.35. The molecule has 1 aromatic rings. The molecule has 108 valence electrons. The lowest BCUT2D eigenvalue weighted by molar-refractivity contribution is 0.304. The van der Waals surface area contributed by atoms with Crippen LogP contribution in [0.1, 0.15) is 20.8 Å². The molecule has 0 aliphatic heterocycles. The maximum atomic E-state index is 13.5. The lowest BCUT2D eigenvalue weighted by atomic mass is 9.88. The zero-order chi connectivity index (χ0) is 14.8. The number of nitrogens with one attached hydrogen (secondary N) is 1. The molecule has 1 aromatic carbocycles. The van der Waals surface area contributed by atoms with Crippen LogP contribution in [0.2, 0.25) is 0 Å². The van der Waals surface area contributed by atoms with E-state index in [0.29, 0.717) is 6.07 Å². The predicted molar refractivity (Wildman–Crippen MR) is 69.0 cm³/mol. The summed E-state index contributed by atoms with van der Waals surface area (Å²) in [4.78, 5) is -0.586. The first-order valence-electron chi connectivity index (χ1n) is 5.75. The zero-order valence-corrected chi connectivity index (χ0v) is 11.9.